The van der Waals surface area contributed by atoms with Gasteiger partial charge in [0.05, 0.1) is 22.7 Å². The summed E-state index contributed by atoms with van der Waals surface area (Å²) < 4.78 is 0.745. The zero-order valence-corrected chi connectivity index (χ0v) is 13.0. The van der Waals surface area contributed by atoms with Gasteiger partial charge in [0.2, 0.25) is 0 Å². The van der Waals surface area contributed by atoms with Crippen molar-refractivity contribution in [3.63, 3.8) is 0 Å². The van der Waals surface area contributed by atoms with Crippen LogP contribution in [0.3, 0.4) is 0 Å². The molecule has 0 aliphatic carbocycles. The third-order valence-electron chi connectivity index (χ3n) is 2.34. The SMILES string of the molecule is CC(O)(CNC(=O)Nc1cc(Br)ccc1Cl)CC(=O)O. The van der Waals surface area contributed by atoms with Crippen molar-refractivity contribution in [2.45, 2.75) is 18.9 Å². The number of hydrogen-bond acceptors (Lipinski definition) is 3. The highest BCUT2D eigenvalue weighted by Gasteiger charge is 2.24. The zero-order chi connectivity index (χ0) is 15.3. The maximum absolute atomic E-state index is 11.7. The number of carboxylic acids is 1. The fraction of sp³-hybridized carbons (Fsp3) is 0.333. The van der Waals surface area contributed by atoms with Crippen molar-refractivity contribution in [1.82, 2.24) is 5.32 Å². The summed E-state index contributed by atoms with van der Waals surface area (Å²) in [5.41, 5.74) is -1.12. The predicted octanol–water partition coefficient (Wildman–Crippen LogP) is 2.45. The lowest BCUT2D eigenvalue weighted by Gasteiger charge is -2.21. The Morgan fingerprint density at radius 1 is 1.45 bits per heavy atom. The third kappa shape index (κ3) is 5.77. The van der Waals surface area contributed by atoms with Gasteiger partial charge >= 0.3 is 12.0 Å². The Bertz CT molecular complexity index is 522. The zero-order valence-electron chi connectivity index (χ0n) is 10.6. The van der Waals surface area contributed by atoms with E-state index in [1.165, 1.54) is 6.92 Å². The van der Waals surface area contributed by atoms with Crippen molar-refractivity contribution in [3.8, 4) is 0 Å². The lowest BCUT2D eigenvalue weighted by Crippen LogP contribution is -2.43. The summed E-state index contributed by atoms with van der Waals surface area (Å²) in [7, 11) is 0. The number of carbonyl (C=O) groups excluding carboxylic acids is 1. The second kappa shape index (κ2) is 6.92. The number of aliphatic hydroxyl groups is 1. The third-order valence-corrected chi connectivity index (χ3v) is 3.16. The first-order chi connectivity index (χ1) is 9.19. The van der Waals surface area contributed by atoms with Crippen LogP contribution in [0.25, 0.3) is 0 Å². The van der Waals surface area contributed by atoms with Gasteiger partial charge in [-0.3, -0.25) is 4.79 Å². The minimum Gasteiger partial charge on any atom is -0.481 e. The van der Waals surface area contributed by atoms with E-state index in [2.05, 4.69) is 26.6 Å². The normalized spacial score (nSPS) is 13.4. The Morgan fingerprint density at radius 3 is 2.70 bits per heavy atom. The van der Waals surface area contributed by atoms with E-state index in [1.54, 1.807) is 18.2 Å². The highest BCUT2D eigenvalue weighted by Crippen LogP contribution is 2.25. The molecule has 2 amide bonds. The van der Waals surface area contributed by atoms with Gasteiger partial charge in [-0.25, -0.2) is 4.79 Å². The molecule has 1 rings (SSSR count). The van der Waals surface area contributed by atoms with Gasteiger partial charge in [-0.05, 0) is 25.1 Å². The molecule has 0 heterocycles. The van der Waals surface area contributed by atoms with E-state index in [4.69, 9.17) is 16.7 Å². The molecule has 0 saturated heterocycles. The van der Waals surface area contributed by atoms with Gasteiger partial charge in [0.25, 0.3) is 0 Å². The first kappa shape index (κ1) is 16.7. The van der Waals surface area contributed by atoms with E-state index in [1.807, 2.05) is 0 Å². The van der Waals surface area contributed by atoms with E-state index < -0.39 is 24.0 Å². The molecular weight excluding hydrogens is 351 g/mol. The predicted molar refractivity (Wildman–Crippen MR) is 79.1 cm³/mol. The van der Waals surface area contributed by atoms with Crippen molar-refractivity contribution in [2.24, 2.45) is 0 Å². The van der Waals surface area contributed by atoms with Crippen molar-refractivity contribution in [1.29, 1.82) is 0 Å². The second-order valence-corrected chi connectivity index (χ2v) is 5.82. The summed E-state index contributed by atoms with van der Waals surface area (Å²) in [6.07, 6.45) is -0.467. The minimum absolute atomic E-state index is 0.198. The summed E-state index contributed by atoms with van der Waals surface area (Å²) >= 11 is 9.16. The number of amides is 2. The maximum atomic E-state index is 11.7. The van der Waals surface area contributed by atoms with Gasteiger partial charge in [0.1, 0.15) is 0 Å². The Labute approximate surface area is 129 Å². The Hall–Kier alpha value is -1.31. The lowest BCUT2D eigenvalue weighted by atomic mass is 10.0. The number of hydrogen-bond donors (Lipinski definition) is 4. The van der Waals surface area contributed by atoms with Gasteiger partial charge < -0.3 is 20.8 Å². The highest BCUT2D eigenvalue weighted by atomic mass is 79.9. The molecule has 1 aromatic carbocycles. The summed E-state index contributed by atoms with van der Waals surface area (Å²) in [4.78, 5) is 22.2. The quantitative estimate of drug-likeness (QED) is 0.644. The Balaban J connectivity index is 2.56. The molecule has 0 fully saturated rings. The first-order valence-electron chi connectivity index (χ1n) is 5.64. The second-order valence-electron chi connectivity index (χ2n) is 4.50. The molecule has 0 saturated carbocycles. The molecule has 20 heavy (non-hydrogen) atoms. The standard InChI is InChI=1S/C12H14BrClN2O4/c1-12(20,5-10(17)18)6-15-11(19)16-9-4-7(13)2-3-8(9)14/h2-4,20H,5-6H2,1H3,(H,17,18)(H2,15,16,19). The molecule has 110 valence electrons. The van der Waals surface area contributed by atoms with Crippen molar-refractivity contribution in [3.05, 3.63) is 27.7 Å². The molecular formula is C12H14BrClN2O4. The van der Waals surface area contributed by atoms with Crippen LogP contribution in [0.15, 0.2) is 22.7 Å². The van der Waals surface area contributed by atoms with E-state index >= 15 is 0 Å². The van der Waals surface area contributed by atoms with E-state index in [0.29, 0.717) is 10.7 Å². The van der Waals surface area contributed by atoms with Crippen LogP contribution >= 0.6 is 27.5 Å². The molecule has 0 radical (unpaired) electrons. The van der Waals surface area contributed by atoms with Crippen LogP contribution in [-0.2, 0) is 4.79 Å². The minimum atomic E-state index is -1.52. The average Bonchev–Trinajstić information content (AvgIpc) is 2.30. The first-order valence-corrected chi connectivity index (χ1v) is 6.81. The molecule has 4 N–H and O–H groups in total. The Kier molecular flexibility index (Phi) is 5.79. The number of anilines is 1. The molecule has 8 heteroatoms. The Morgan fingerprint density at radius 2 is 2.10 bits per heavy atom. The molecule has 0 spiro atoms. The molecule has 0 bridgehead atoms. The topological polar surface area (TPSA) is 98.7 Å². The number of benzene rings is 1. The van der Waals surface area contributed by atoms with Crippen molar-refractivity contribution < 1.29 is 19.8 Å². The highest BCUT2D eigenvalue weighted by molar-refractivity contribution is 9.10. The van der Waals surface area contributed by atoms with Gasteiger partial charge in [0.15, 0.2) is 0 Å². The molecule has 0 aromatic heterocycles. The van der Waals surface area contributed by atoms with Crippen LogP contribution in [0.4, 0.5) is 10.5 Å². The van der Waals surface area contributed by atoms with Crippen molar-refractivity contribution >= 4 is 45.2 Å². The number of halogens is 2. The van der Waals surface area contributed by atoms with Gasteiger partial charge in [0, 0.05) is 11.0 Å². The number of urea groups is 1. The van der Waals surface area contributed by atoms with Gasteiger partial charge in [-0.1, -0.05) is 27.5 Å². The van der Waals surface area contributed by atoms with Crippen LogP contribution in [0, 0.1) is 0 Å². The number of aliphatic carboxylic acids is 1. The molecule has 1 aromatic rings. The fourth-order valence-corrected chi connectivity index (χ4v) is 1.94. The summed E-state index contributed by atoms with van der Waals surface area (Å²) in [5, 5.41) is 23.6. The summed E-state index contributed by atoms with van der Waals surface area (Å²) in [5.74, 6) is -1.15. The lowest BCUT2D eigenvalue weighted by molar-refractivity contribution is -0.141. The molecule has 0 aliphatic heterocycles. The molecule has 1 atom stereocenters. The van der Waals surface area contributed by atoms with Crippen LogP contribution in [-0.4, -0.2) is 34.4 Å². The van der Waals surface area contributed by atoms with Crippen LogP contribution in [0.2, 0.25) is 5.02 Å². The van der Waals surface area contributed by atoms with Gasteiger partial charge in [-0.15, -0.1) is 0 Å². The van der Waals surface area contributed by atoms with Crippen LogP contribution < -0.4 is 10.6 Å². The largest absolute Gasteiger partial charge is 0.481 e. The summed E-state index contributed by atoms with van der Waals surface area (Å²) in [6.45, 7) is 1.13. The molecule has 6 nitrogen and oxygen atoms in total. The monoisotopic (exact) mass is 364 g/mol. The van der Waals surface area contributed by atoms with E-state index in [-0.39, 0.29) is 6.54 Å². The number of rotatable bonds is 5. The smallest absolute Gasteiger partial charge is 0.319 e. The van der Waals surface area contributed by atoms with E-state index in [9.17, 15) is 14.7 Å². The fourth-order valence-electron chi connectivity index (χ4n) is 1.42. The van der Waals surface area contributed by atoms with Crippen LogP contribution in [0.1, 0.15) is 13.3 Å². The number of carboxylic acid groups (broad SMARTS) is 1. The van der Waals surface area contributed by atoms with E-state index in [0.717, 1.165) is 4.47 Å². The molecule has 1 unspecified atom stereocenters. The average molecular weight is 366 g/mol. The van der Waals surface area contributed by atoms with Gasteiger partial charge in [-0.2, -0.15) is 0 Å². The summed E-state index contributed by atoms with van der Waals surface area (Å²) in [6, 6.07) is 4.37. The molecule has 0 aliphatic rings. The number of nitrogens with one attached hydrogen (secondary N) is 2. The van der Waals surface area contributed by atoms with Crippen molar-refractivity contribution in [2.75, 3.05) is 11.9 Å². The maximum Gasteiger partial charge on any atom is 0.319 e. The number of carbonyl (C=O) groups is 2. The van der Waals surface area contributed by atoms with Crippen LogP contribution in [0.5, 0.6) is 0 Å².